The summed E-state index contributed by atoms with van der Waals surface area (Å²) in [5.41, 5.74) is 1.83. The Morgan fingerprint density at radius 3 is 1.91 bits per heavy atom. The minimum Gasteiger partial charge on any atom is -0.443 e. The van der Waals surface area contributed by atoms with Crippen molar-refractivity contribution in [2.45, 2.75) is 26.4 Å². The third-order valence-corrected chi connectivity index (χ3v) is 2.99. The van der Waals surface area contributed by atoms with Crippen LogP contribution in [0.15, 0.2) is 39.4 Å². The van der Waals surface area contributed by atoms with Crippen LogP contribution in [0.25, 0.3) is 10.8 Å². The second-order valence-electron chi connectivity index (χ2n) is 5.76. The van der Waals surface area contributed by atoms with Gasteiger partial charge in [-0.3, -0.25) is 9.98 Å². The Labute approximate surface area is 128 Å². The molecule has 1 amide bonds. The highest BCUT2D eigenvalue weighted by molar-refractivity contribution is 5.83. The molecule has 116 valence electrons. The number of benzene rings is 1. The summed E-state index contributed by atoms with van der Waals surface area (Å²) in [5.74, 6) is 0. The van der Waals surface area contributed by atoms with Crippen molar-refractivity contribution in [1.82, 2.24) is 5.43 Å². The molecule has 2 aromatic rings. The molecule has 0 aliphatic carbocycles. The predicted molar refractivity (Wildman–Crippen MR) is 84.2 cm³/mol. The first-order valence-electron chi connectivity index (χ1n) is 6.98. The van der Waals surface area contributed by atoms with Crippen LogP contribution in [0, 0.1) is 0 Å². The lowest BCUT2D eigenvalue weighted by Gasteiger charge is -2.18. The average Bonchev–Trinajstić information content (AvgIpc) is 2.75. The number of ether oxygens (including phenoxy) is 1. The summed E-state index contributed by atoms with van der Waals surface area (Å²) in [6, 6.07) is 7.78. The molecule has 6 heteroatoms. The van der Waals surface area contributed by atoms with Crippen molar-refractivity contribution >= 4 is 16.9 Å². The van der Waals surface area contributed by atoms with Gasteiger partial charge in [-0.2, -0.15) is 5.10 Å². The predicted octanol–water partition coefficient (Wildman–Crippen LogP) is 1.12. The minimum atomic E-state index is -0.609. The Morgan fingerprint density at radius 2 is 1.50 bits per heavy atom. The van der Waals surface area contributed by atoms with Gasteiger partial charge in [0.15, 0.2) is 0 Å². The molecular formula is C16H20N4O2. The maximum absolute atomic E-state index is 11.8. The van der Waals surface area contributed by atoms with Gasteiger partial charge >= 0.3 is 6.09 Å². The van der Waals surface area contributed by atoms with E-state index >= 15 is 0 Å². The van der Waals surface area contributed by atoms with Gasteiger partial charge in [0.05, 0.1) is 10.7 Å². The summed E-state index contributed by atoms with van der Waals surface area (Å²) in [4.78, 5) is 20.3. The Bertz CT molecular complexity index is 812. The highest BCUT2D eigenvalue weighted by Gasteiger charge is 2.15. The lowest BCUT2D eigenvalue weighted by atomic mass is 10.2. The van der Waals surface area contributed by atoms with E-state index in [9.17, 15) is 4.79 Å². The van der Waals surface area contributed by atoms with Gasteiger partial charge in [0.25, 0.3) is 0 Å². The monoisotopic (exact) mass is 300 g/mol. The molecule has 0 saturated heterocycles. The highest BCUT2D eigenvalue weighted by atomic mass is 16.6. The third kappa shape index (κ3) is 3.21. The van der Waals surface area contributed by atoms with Crippen LogP contribution in [0.5, 0.6) is 0 Å². The Kier molecular flexibility index (Phi) is 4.40. The van der Waals surface area contributed by atoms with Crippen LogP contribution in [-0.2, 0) is 4.74 Å². The first kappa shape index (κ1) is 15.9. The number of hydrogen-bond acceptors (Lipinski definition) is 5. The van der Waals surface area contributed by atoms with Gasteiger partial charge in [-0.05, 0) is 20.8 Å². The fourth-order valence-corrected chi connectivity index (χ4v) is 2.22. The van der Waals surface area contributed by atoms with Crippen LogP contribution in [0.3, 0.4) is 0 Å². The zero-order valence-electron chi connectivity index (χ0n) is 13.5. The standard InChI is InChI=1S/C16H20N4O2/c1-16(2,3)22-15(21)20-19-14-12(17-4)10-8-6-7-9-11(10)13(14)18-5/h6-9H,1-5H3,(H,20,21). The second-order valence-corrected chi connectivity index (χ2v) is 5.76. The van der Waals surface area contributed by atoms with Crippen molar-refractivity contribution in [3.63, 3.8) is 0 Å². The summed E-state index contributed by atoms with van der Waals surface area (Å²) in [5, 5.41) is 8.01. The van der Waals surface area contributed by atoms with E-state index in [-0.39, 0.29) is 0 Å². The van der Waals surface area contributed by atoms with Gasteiger partial charge in [-0.1, -0.05) is 24.3 Å². The molecule has 0 aromatic heterocycles. The largest absolute Gasteiger partial charge is 0.443 e. The van der Waals surface area contributed by atoms with Crippen LogP contribution in [-0.4, -0.2) is 25.8 Å². The molecule has 22 heavy (non-hydrogen) atoms. The van der Waals surface area contributed by atoms with Gasteiger partial charge in [0.1, 0.15) is 11.0 Å². The highest BCUT2D eigenvalue weighted by Crippen LogP contribution is 2.06. The van der Waals surface area contributed by atoms with E-state index < -0.39 is 11.7 Å². The van der Waals surface area contributed by atoms with Crippen molar-refractivity contribution in [3.05, 3.63) is 40.3 Å². The fraction of sp³-hybridized carbons (Fsp3) is 0.375. The fourth-order valence-electron chi connectivity index (χ4n) is 2.22. The number of carbonyl (C=O) groups excluding carboxylic acids is 1. The number of nitrogens with one attached hydrogen (secondary N) is 1. The van der Waals surface area contributed by atoms with Crippen LogP contribution < -0.4 is 21.5 Å². The van der Waals surface area contributed by atoms with Crippen molar-refractivity contribution in [1.29, 1.82) is 0 Å². The summed E-state index contributed by atoms with van der Waals surface area (Å²) in [6.07, 6.45) is -0.609. The van der Waals surface area contributed by atoms with E-state index in [4.69, 9.17) is 4.74 Å². The van der Waals surface area contributed by atoms with Gasteiger partial charge in [-0.25, -0.2) is 10.2 Å². The lowest BCUT2D eigenvalue weighted by molar-refractivity contribution is 0.0526. The molecule has 0 spiro atoms. The van der Waals surface area contributed by atoms with Crippen LogP contribution in [0.4, 0.5) is 4.79 Å². The van der Waals surface area contributed by atoms with Crippen LogP contribution in [0.1, 0.15) is 20.8 Å². The van der Waals surface area contributed by atoms with E-state index in [1.807, 2.05) is 24.3 Å². The van der Waals surface area contributed by atoms with Crippen molar-refractivity contribution in [2.75, 3.05) is 14.1 Å². The van der Waals surface area contributed by atoms with E-state index in [2.05, 4.69) is 20.5 Å². The number of amides is 1. The molecule has 0 bridgehead atoms. The zero-order valence-corrected chi connectivity index (χ0v) is 13.5. The first-order chi connectivity index (χ1) is 10.4. The summed E-state index contributed by atoms with van der Waals surface area (Å²) < 4.78 is 5.18. The smallest absolute Gasteiger partial charge is 0.428 e. The van der Waals surface area contributed by atoms with Crippen molar-refractivity contribution < 1.29 is 9.53 Å². The Balaban J connectivity index is 2.56. The normalized spacial score (nSPS) is 13.5. The molecule has 2 rings (SSSR count). The van der Waals surface area contributed by atoms with Gasteiger partial charge in [-0.15, -0.1) is 0 Å². The maximum atomic E-state index is 11.8. The van der Waals surface area contributed by atoms with E-state index in [1.54, 1.807) is 34.9 Å². The molecule has 0 atom stereocenters. The molecule has 0 aliphatic heterocycles. The number of carbonyl (C=O) groups is 1. The van der Waals surface area contributed by atoms with E-state index in [0.717, 1.165) is 10.8 Å². The lowest BCUT2D eigenvalue weighted by Crippen LogP contribution is -2.38. The zero-order chi connectivity index (χ0) is 16.3. The van der Waals surface area contributed by atoms with E-state index in [1.165, 1.54) is 0 Å². The van der Waals surface area contributed by atoms with Gasteiger partial charge in [0.2, 0.25) is 0 Å². The number of nitrogens with zero attached hydrogens (tertiary/aromatic N) is 3. The SMILES string of the molecule is CN=c1c(=NNC(=O)OC(C)(C)C)c(=NC)c2ccccc12. The topological polar surface area (TPSA) is 75.4 Å². The van der Waals surface area contributed by atoms with Gasteiger partial charge in [0, 0.05) is 24.9 Å². The van der Waals surface area contributed by atoms with Crippen LogP contribution >= 0.6 is 0 Å². The van der Waals surface area contributed by atoms with Gasteiger partial charge < -0.3 is 4.74 Å². The molecule has 1 N–H and O–H groups in total. The Hall–Kier alpha value is -2.50. The van der Waals surface area contributed by atoms with Crippen molar-refractivity contribution in [3.8, 4) is 0 Å². The number of hydrogen-bond donors (Lipinski definition) is 1. The molecule has 0 saturated carbocycles. The summed E-state index contributed by atoms with van der Waals surface area (Å²) in [6.45, 7) is 5.38. The molecule has 0 unspecified atom stereocenters. The second kappa shape index (κ2) is 6.09. The molecule has 0 heterocycles. The van der Waals surface area contributed by atoms with Crippen LogP contribution in [0.2, 0.25) is 0 Å². The maximum Gasteiger partial charge on any atom is 0.428 e. The molecular weight excluding hydrogens is 280 g/mol. The van der Waals surface area contributed by atoms with E-state index in [0.29, 0.717) is 16.1 Å². The molecule has 2 aromatic carbocycles. The summed E-state index contributed by atoms with van der Waals surface area (Å²) >= 11 is 0. The quantitative estimate of drug-likeness (QED) is 0.801. The molecule has 0 radical (unpaired) electrons. The van der Waals surface area contributed by atoms with Crippen molar-refractivity contribution in [2.24, 2.45) is 15.1 Å². The molecule has 0 aliphatic rings. The summed E-state index contributed by atoms with van der Waals surface area (Å²) in [7, 11) is 3.38. The number of rotatable bonds is 1. The molecule has 6 nitrogen and oxygen atoms in total. The average molecular weight is 300 g/mol. The first-order valence-corrected chi connectivity index (χ1v) is 6.98. The molecule has 0 fully saturated rings. The number of fused-ring (bicyclic) bond motifs is 1. The third-order valence-electron chi connectivity index (χ3n) is 2.99. The minimum absolute atomic E-state index is 0.539. The Morgan fingerprint density at radius 1 is 1.00 bits per heavy atom.